The van der Waals surface area contributed by atoms with Crippen LogP contribution in [0.1, 0.15) is 28.9 Å². The average Bonchev–Trinajstić information content (AvgIpc) is 3.18. The summed E-state index contributed by atoms with van der Waals surface area (Å²) in [5.74, 6) is -0.0145. The van der Waals surface area contributed by atoms with Crippen molar-refractivity contribution < 1.29 is 4.79 Å². The molecule has 2 N–H and O–H groups in total. The molecule has 0 bridgehead atoms. The summed E-state index contributed by atoms with van der Waals surface area (Å²) in [6.45, 7) is 0.641. The van der Waals surface area contributed by atoms with Crippen LogP contribution in [0, 0.1) is 0 Å². The molecule has 98 valence electrons. The smallest absolute Gasteiger partial charge is 0.273 e. The largest absolute Gasteiger partial charge is 0.375 e. The monoisotopic (exact) mass is 273 g/mol. The van der Waals surface area contributed by atoms with E-state index in [1.54, 1.807) is 5.38 Å². The summed E-state index contributed by atoms with van der Waals surface area (Å²) in [7, 11) is 0. The molecule has 3 rings (SSSR count). The van der Waals surface area contributed by atoms with Gasteiger partial charge in [-0.2, -0.15) is 0 Å². The minimum absolute atomic E-state index is 0.0145. The van der Waals surface area contributed by atoms with Crippen molar-refractivity contribution in [1.29, 1.82) is 0 Å². The van der Waals surface area contributed by atoms with Crippen molar-refractivity contribution in [3.05, 3.63) is 47.0 Å². The molecule has 1 amide bonds. The highest BCUT2D eigenvalue weighted by molar-refractivity contribution is 7.13. The third kappa shape index (κ3) is 2.76. The normalized spacial score (nSPS) is 14.3. The third-order valence-electron chi connectivity index (χ3n) is 3.19. The van der Waals surface area contributed by atoms with E-state index >= 15 is 0 Å². The van der Waals surface area contributed by atoms with Crippen LogP contribution in [0.25, 0.3) is 0 Å². The quantitative estimate of drug-likeness (QED) is 0.931. The molecule has 1 fully saturated rings. The Morgan fingerprint density at radius 1 is 1.37 bits per heavy atom. The van der Waals surface area contributed by atoms with Crippen LogP contribution >= 0.6 is 11.3 Å². The SMILES string of the molecule is Nc1nc(C(=O)N(Cc2ccccc2)C2CC2)cs1. The Morgan fingerprint density at radius 2 is 2.11 bits per heavy atom. The molecule has 0 radical (unpaired) electrons. The molecular formula is C14H15N3OS. The first-order valence-corrected chi connectivity index (χ1v) is 7.18. The van der Waals surface area contributed by atoms with Crippen LogP contribution in [0.4, 0.5) is 5.13 Å². The van der Waals surface area contributed by atoms with Crippen molar-refractivity contribution in [2.45, 2.75) is 25.4 Å². The second kappa shape index (κ2) is 5.01. The van der Waals surface area contributed by atoms with E-state index in [4.69, 9.17) is 5.73 Å². The maximum Gasteiger partial charge on any atom is 0.273 e. The van der Waals surface area contributed by atoms with Gasteiger partial charge in [0.2, 0.25) is 0 Å². The summed E-state index contributed by atoms with van der Waals surface area (Å²) in [6, 6.07) is 10.4. The van der Waals surface area contributed by atoms with Crippen molar-refractivity contribution in [2.24, 2.45) is 0 Å². The summed E-state index contributed by atoms with van der Waals surface area (Å²) < 4.78 is 0. The van der Waals surface area contributed by atoms with Crippen molar-refractivity contribution >= 4 is 22.4 Å². The standard InChI is InChI=1S/C14H15N3OS/c15-14-16-12(9-19-14)13(18)17(11-6-7-11)8-10-4-2-1-3-5-10/h1-5,9,11H,6-8H2,(H2,15,16). The Labute approximate surface area is 115 Å². The minimum Gasteiger partial charge on any atom is -0.375 e. The Hall–Kier alpha value is -1.88. The number of carbonyl (C=O) groups excluding carboxylic acids is 1. The molecule has 0 saturated heterocycles. The number of rotatable bonds is 4. The van der Waals surface area contributed by atoms with E-state index in [1.165, 1.54) is 11.3 Å². The van der Waals surface area contributed by atoms with Crippen LogP contribution in [-0.2, 0) is 6.54 Å². The van der Waals surface area contributed by atoms with Crippen LogP contribution in [0.3, 0.4) is 0 Å². The molecule has 0 atom stereocenters. The predicted octanol–water partition coefficient (Wildman–Crippen LogP) is 2.53. The highest BCUT2D eigenvalue weighted by atomic mass is 32.1. The second-order valence-corrected chi connectivity index (χ2v) is 5.61. The van der Waals surface area contributed by atoms with Gasteiger partial charge in [-0.3, -0.25) is 4.79 Å². The van der Waals surface area contributed by atoms with Gasteiger partial charge in [0.25, 0.3) is 5.91 Å². The van der Waals surface area contributed by atoms with Crippen molar-refractivity contribution in [1.82, 2.24) is 9.88 Å². The van der Waals surface area contributed by atoms with Gasteiger partial charge in [0, 0.05) is 18.0 Å². The maximum absolute atomic E-state index is 12.5. The van der Waals surface area contributed by atoms with Gasteiger partial charge >= 0.3 is 0 Å². The molecular weight excluding hydrogens is 258 g/mol. The van der Waals surface area contributed by atoms with Gasteiger partial charge in [0.05, 0.1) is 0 Å². The first-order chi connectivity index (χ1) is 9.24. The van der Waals surface area contributed by atoms with E-state index in [-0.39, 0.29) is 5.91 Å². The fraction of sp³-hybridized carbons (Fsp3) is 0.286. The number of aromatic nitrogens is 1. The molecule has 1 aromatic carbocycles. The van der Waals surface area contributed by atoms with E-state index in [2.05, 4.69) is 4.98 Å². The van der Waals surface area contributed by atoms with Crippen molar-refractivity contribution in [2.75, 3.05) is 5.73 Å². The number of anilines is 1. The van der Waals surface area contributed by atoms with Crippen molar-refractivity contribution in [3.63, 3.8) is 0 Å². The van der Waals surface area contributed by atoms with Gasteiger partial charge in [-0.15, -0.1) is 11.3 Å². The van der Waals surface area contributed by atoms with Gasteiger partial charge < -0.3 is 10.6 Å². The summed E-state index contributed by atoms with van der Waals surface area (Å²) in [5, 5.41) is 2.18. The number of nitrogens with zero attached hydrogens (tertiary/aromatic N) is 2. The number of benzene rings is 1. The number of nitrogens with two attached hydrogens (primary N) is 1. The third-order valence-corrected chi connectivity index (χ3v) is 3.86. The van der Waals surface area contributed by atoms with E-state index < -0.39 is 0 Å². The first-order valence-electron chi connectivity index (χ1n) is 6.30. The highest BCUT2D eigenvalue weighted by Crippen LogP contribution is 2.30. The van der Waals surface area contributed by atoms with Crippen molar-refractivity contribution in [3.8, 4) is 0 Å². The van der Waals surface area contributed by atoms with E-state index in [0.29, 0.717) is 23.4 Å². The Balaban J connectivity index is 1.79. The topological polar surface area (TPSA) is 59.2 Å². The minimum atomic E-state index is -0.0145. The second-order valence-electron chi connectivity index (χ2n) is 4.72. The molecule has 2 aromatic rings. The van der Waals surface area contributed by atoms with Gasteiger partial charge in [-0.1, -0.05) is 30.3 Å². The highest BCUT2D eigenvalue weighted by Gasteiger charge is 2.33. The van der Waals surface area contributed by atoms with Gasteiger partial charge in [0.1, 0.15) is 5.69 Å². The molecule has 0 aliphatic heterocycles. The van der Waals surface area contributed by atoms with Gasteiger partial charge in [-0.05, 0) is 18.4 Å². The zero-order chi connectivity index (χ0) is 13.2. The molecule has 19 heavy (non-hydrogen) atoms. The van der Waals surface area contributed by atoms with Crippen LogP contribution in [0.15, 0.2) is 35.7 Å². The number of amides is 1. The van der Waals surface area contributed by atoms with E-state index in [0.717, 1.165) is 18.4 Å². The molecule has 1 saturated carbocycles. The van der Waals surface area contributed by atoms with Crippen LogP contribution in [-0.4, -0.2) is 21.8 Å². The number of hydrogen-bond donors (Lipinski definition) is 1. The average molecular weight is 273 g/mol. The van der Waals surface area contributed by atoms with E-state index in [9.17, 15) is 4.79 Å². The number of nitrogen functional groups attached to an aromatic ring is 1. The molecule has 0 spiro atoms. The zero-order valence-corrected chi connectivity index (χ0v) is 11.3. The lowest BCUT2D eigenvalue weighted by Gasteiger charge is -2.21. The van der Waals surface area contributed by atoms with Gasteiger partial charge in [-0.25, -0.2) is 4.98 Å². The fourth-order valence-corrected chi connectivity index (χ4v) is 2.60. The Bertz CT molecular complexity index is 577. The summed E-state index contributed by atoms with van der Waals surface area (Å²) in [4.78, 5) is 18.5. The number of carbonyl (C=O) groups is 1. The van der Waals surface area contributed by atoms with Gasteiger partial charge in [0.15, 0.2) is 5.13 Å². The zero-order valence-electron chi connectivity index (χ0n) is 10.5. The van der Waals surface area contributed by atoms with Crippen LogP contribution in [0.5, 0.6) is 0 Å². The maximum atomic E-state index is 12.5. The molecule has 1 aromatic heterocycles. The molecule has 5 heteroatoms. The lowest BCUT2D eigenvalue weighted by atomic mass is 10.2. The predicted molar refractivity (Wildman–Crippen MR) is 75.9 cm³/mol. The molecule has 1 aliphatic rings. The molecule has 0 unspecified atom stereocenters. The molecule has 4 nitrogen and oxygen atoms in total. The summed E-state index contributed by atoms with van der Waals surface area (Å²) >= 11 is 1.31. The number of hydrogen-bond acceptors (Lipinski definition) is 4. The van der Waals surface area contributed by atoms with Crippen LogP contribution < -0.4 is 5.73 Å². The van der Waals surface area contributed by atoms with E-state index in [1.807, 2.05) is 35.2 Å². The lowest BCUT2D eigenvalue weighted by Crippen LogP contribution is -2.32. The summed E-state index contributed by atoms with van der Waals surface area (Å²) in [6.07, 6.45) is 2.16. The first kappa shape index (κ1) is 12.2. The summed E-state index contributed by atoms with van der Waals surface area (Å²) in [5.41, 5.74) is 7.21. The fourth-order valence-electron chi connectivity index (χ4n) is 2.07. The van der Waals surface area contributed by atoms with Crippen LogP contribution in [0.2, 0.25) is 0 Å². The Kier molecular flexibility index (Phi) is 3.21. The molecule has 1 heterocycles. The lowest BCUT2D eigenvalue weighted by molar-refractivity contribution is 0.0725. The molecule has 1 aliphatic carbocycles. The Morgan fingerprint density at radius 3 is 2.68 bits per heavy atom. The number of thiazole rings is 1.